The summed E-state index contributed by atoms with van der Waals surface area (Å²) < 4.78 is 7.70. The van der Waals surface area contributed by atoms with Crippen molar-refractivity contribution in [1.82, 2.24) is 15.2 Å². The van der Waals surface area contributed by atoms with Gasteiger partial charge in [-0.1, -0.05) is 23.8 Å². The van der Waals surface area contributed by atoms with Gasteiger partial charge in [-0.2, -0.15) is 0 Å². The van der Waals surface area contributed by atoms with Crippen molar-refractivity contribution in [2.24, 2.45) is 0 Å². The van der Waals surface area contributed by atoms with E-state index in [1.54, 1.807) is 0 Å². The van der Waals surface area contributed by atoms with Gasteiger partial charge in [0.15, 0.2) is 0 Å². The summed E-state index contributed by atoms with van der Waals surface area (Å²) in [6, 6.07) is 10.4. The van der Waals surface area contributed by atoms with E-state index in [0.717, 1.165) is 31.7 Å². The Labute approximate surface area is 149 Å². The van der Waals surface area contributed by atoms with Crippen LogP contribution < -0.4 is 10.6 Å². The number of hydrogen-bond acceptors (Lipinski definition) is 2. The first kappa shape index (κ1) is 17.5. The number of rotatable bonds is 6. The molecular formula is C20H27N3O2. The molecule has 0 aliphatic carbocycles. The minimum absolute atomic E-state index is 0.144. The highest BCUT2D eigenvalue weighted by Gasteiger charge is 2.16. The minimum atomic E-state index is -0.144. The topological polar surface area (TPSA) is 55.3 Å². The van der Waals surface area contributed by atoms with Gasteiger partial charge in [-0.25, -0.2) is 4.79 Å². The van der Waals surface area contributed by atoms with Crippen LogP contribution in [0.3, 0.4) is 0 Å². The maximum absolute atomic E-state index is 12.0. The van der Waals surface area contributed by atoms with Gasteiger partial charge < -0.3 is 19.9 Å². The Bertz CT molecular complexity index is 717. The van der Waals surface area contributed by atoms with Crippen LogP contribution in [0.5, 0.6) is 0 Å². The van der Waals surface area contributed by atoms with Crippen LogP contribution >= 0.6 is 0 Å². The second-order valence-corrected chi connectivity index (χ2v) is 6.76. The number of carbonyl (C=O) groups is 1. The average molecular weight is 341 g/mol. The summed E-state index contributed by atoms with van der Waals surface area (Å²) in [6.07, 6.45) is 4.33. The highest BCUT2D eigenvalue weighted by molar-refractivity contribution is 5.73. The van der Waals surface area contributed by atoms with Gasteiger partial charge in [-0.3, -0.25) is 0 Å². The van der Waals surface area contributed by atoms with Crippen LogP contribution in [0, 0.1) is 13.8 Å². The molecule has 1 aromatic heterocycles. The van der Waals surface area contributed by atoms with E-state index < -0.39 is 0 Å². The third-order valence-electron chi connectivity index (χ3n) is 4.71. The van der Waals surface area contributed by atoms with Crippen LogP contribution in [-0.2, 0) is 17.8 Å². The van der Waals surface area contributed by atoms with Crippen molar-refractivity contribution in [1.29, 1.82) is 0 Å². The number of amides is 2. The Balaban J connectivity index is 1.52. The number of carbonyl (C=O) groups excluding carboxylic acids is 1. The molecule has 2 aromatic rings. The van der Waals surface area contributed by atoms with Crippen molar-refractivity contribution >= 4 is 6.03 Å². The maximum Gasteiger partial charge on any atom is 0.315 e. The van der Waals surface area contributed by atoms with Crippen LogP contribution in [0.1, 0.15) is 35.2 Å². The zero-order valence-electron chi connectivity index (χ0n) is 15.0. The molecule has 1 aliphatic heterocycles. The predicted molar refractivity (Wildman–Crippen MR) is 98.7 cm³/mol. The zero-order valence-corrected chi connectivity index (χ0v) is 15.0. The molecule has 134 valence electrons. The molecule has 3 rings (SSSR count). The smallest absolute Gasteiger partial charge is 0.315 e. The van der Waals surface area contributed by atoms with Crippen molar-refractivity contribution in [3.63, 3.8) is 0 Å². The molecule has 0 spiro atoms. The number of ether oxygens (including phenoxy) is 1. The summed E-state index contributed by atoms with van der Waals surface area (Å²) >= 11 is 0. The summed E-state index contributed by atoms with van der Waals surface area (Å²) in [5.74, 6) is 0. The monoisotopic (exact) mass is 341 g/mol. The van der Waals surface area contributed by atoms with E-state index >= 15 is 0 Å². The van der Waals surface area contributed by atoms with E-state index in [9.17, 15) is 4.79 Å². The Morgan fingerprint density at radius 3 is 2.96 bits per heavy atom. The minimum Gasteiger partial charge on any atom is -0.376 e. The largest absolute Gasteiger partial charge is 0.376 e. The fourth-order valence-corrected chi connectivity index (χ4v) is 3.16. The number of nitrogens with one attached hydrogen (secondary N) is 2. The molecule has 0 saturated carbocycles. The van der Waals surface area contributed by atoms with Crippen molar-refractivity contribution in [2.75, 3.05) is 13.2 Å². The summed E-state index contributed by atoms with van der Waals surface area (Å²) in [4.78, 5) is 12.0. The van der Waals surface area contributed by atoms with Gasteiger partial charge in [-0.15, -0.1) is 0 Å². The van der Waals surface area contributed by atoms with Gasteiger partial charge in [0.05, 0.1) is 12.6 Å². The van der Waals surface area contributed by atoms with E-state index in [2.05, 4.69) is 53.4 Å². The second-order valence-electron chi connectivity index (χ2n) is 6.76. The fraction of sp³-hybridized carbons (Fsp3) is 0.450. The Kier molecular flexibility index (Phi) is 5.76. The summed E-state index contributed by atoms with van der Waals surface area (Å²) in [7, 11) is 0. The lowest BCUT2D eigenvalue weighted by Crippen LogP contribution is -2.39. The molecule has 5 heteroatoms. The molecule has 1 aliphatic rings. The fourth-order valence-electron chi connectivity index (χ4n) is 3.16. The van der Waals surface area contributed by atoms with Crippen LogP contribution in [0.4, 0.5) is 4.79 Å². The average Bonchev–Trinajstić information content (AvgIpc) is 3.26. The molecule has 1 aromatic carbocycles. The number of aromatic nitrogens is 1. The van der Waals surface area contributed by atoms with Crippen LogP contribution in [-0.4, -0.2) is 29.9 Å². The normalized spacial score (nSPS) is 16.8. The van der Waals surface area contributed by atoms with E-state index in [0.29, 0.717) is 13.1 Å². The number of benzene rings is 1. The molecule has 0 unspecified atom stereocenters. The van der Waals surface area contributed by atoms with Crippen molar-refractivity contribution in [2.45, 2.75) is 45.9 Å². The standard InChI is InChI=1S/C20H27N3O2/c1-15-7-8-16(2)17(11-15)14-23-9-3-5-18(23)12-21-20(24)22-13-19-6-4-10-25-19/h3,5,7-9,11,19H,4,6,10,12-14H2,1-2H3,(H2,21,22,24)/t19-/m0/s1. The number of nitrogens with zero attached hydrogens (tertiary/aromatic N) is 1. The summed E-state index contributed by atoms with van der Waals surface area (Å²) in [6.45, 7) is 6.95. The number of urea groups is 1. The molecule has 1 fully saturated rings. The third-order valence-corrected chi connectivity index (χ3v) is 4.71. The first-order valence-corrected chi connectivity index (χ1v) is 8.95. The molecule has 1 atom stereocenters. The molecule has 0 radical (unpaired) electrons. The summed E-state index contributed by atoms with van der Waals surface area (Å²) in [5, 5.41) is 5.82. The molecule has 5 nitrogen and oxygen atoms in total. The highest BCUT2D eigenvalue weighted by atomic mass is 16.5. The lowest BCUT2D eigenvalue weighted by Gasteiger charge is -2.14. The van der Waals surface area contributed by atoms with Crippen molar-refractivity contribution in [3.05, 3.63) is 58.9 Å². The molecular weight excluding hydrogens is 314 g/mol. The van der Waals surface area contributed by atoms with Crippen LogP contribution in [0.15, 0.2) is 36.5 Å². The van der Waals surface area contributed by atoms with Gasteiger partial charge >= 0.3 is 6.03 Å². The zero-order chi connectivity index (χ0) is 17.6. The molecule has 2 amide bonds. The SMILES string of the molecule is Cc1ccc(C)c(Cn2cccc2CNC(=O)NC[C@@H]2CCCO2)c1. The maximum atomic E-state index is 12.0. The van der Waals surface area contributed by atoms with Gasteiger partial charge in [0.25, 0.3) is 0 Å². The predicted octanol–water partition coefficient (Wildman–Crippen LogP) is 3.13. The molecule has 2 heterocycles. The van der Waals surface area contributed by atoms with E-state index in [-0.39, 0.29) is 12.1 Å². The van der Waals surface area contributed by atoms with Crippen LogP contribution in [0.2, 0.25) is 0 Å². The Morgan fingerprint density at radius 1 is 1.28 bits per heavy atom. The van der Waals surface area contributed by atoms with Gasteiger partial charge in [0.1, 0.15) is 0 Å². The molecule has 25 heavy (non-hydrogen) atoms. The van der Waals surface area contributed by atoms with E-state index in [1.165, 1.54) is 16.7 Å². The lowest BCUT2D eigenvalue weighted by molar-refractivity contribution is 0.111. The van der Waals surface area contributed by atoms with E-state index in [4.69, 9.17) is 4.74 Å². The van der Waals surface area contributed by atoms with Crippen LogP contribution in [0.25, 0.3) is 0 Å². The van der Waals surface area contributed by atoms with Crippen molar-refractivity contribution in [3.8, 4) is 0 Å². The molecule has 0 bridgehead atoms. The summed E-state index contributed by atoms with van der Waals surface area (Å²) in [5.41, 5.74) is 4.95. The quantitative estimate of drug-likeness (QED) is 0.848. The number of hydrogen-bond donors (Lipinski definition) is 2. The Hall–Kier alpha value is -2.27. The first-order chi connectivity index (χ1) is 12.1. The molecule has 1 saturated heterocycles. The third kappa shape index (κ3) is 4.86. The lowest BCUT2D eigenvalue weighted by atomic mass is 10.1. The van der Waals surface area contributed by atoms with E-state index in [1.807, 2.05) is 12.1 Å². The Morgan fingerprint density at radius 2 is 2.16 bits per heavy atom. The molecule has 2 N–H and O–H groups in total. The van der Waals surface area contributed by atoms with Gasteiger partial charge in [0, 0.05) is 31.6 Å². The number of aryl methyl sites for hydroxylation is 2. The van der Waals surface area contributed by atoms with Gasteiger partial charge in [-0.05, 0) is 49.9 Å². The van der Waals surface area contributed by atoms with Crippen molar-refractivity contribution < 1.29 is 9.53 Å². The second kappa shape index (κ2) is 8.21. The van der Waals surface area contributed by atoms with Gasteiger partial charge in [0.2, 0.25) is 0 Å². The highest BCUT2D eigenvalue weighted by Crippen LogP contribution is 2.14. The first-order valence-electron chi connectivity index (χ1n) is 8.95.